The number of halogens is 1. The average molecular weight is 725 g/mol. The molecule has 8 atom stereocenters. The van der Waals surface area contributed by atoms with Crippen LogP contribution in [0.25, 0.3) is 0 Å². The van der Waals surface area contributed by atoms with E-state index >= 15 is 0 Å². The highest BCUT2D eigenvalue weighted by Gasteiger charge is 2.77. The van der Waals surface area contributed by atoms with Crippen LogP contribution in [0.3, 0.4) is 0 Å². The Balaban J connectivity index is 1.61. The number of aliphatic hydroxyl groups is 1. The average Bonchev–Trinajstić information content (AvgIpc) is 3.69. The van der Waals surface area contributed by atoms with Crippen molar-refractivity contribution in [3.05, 3.63) is 73.8 Å². The van der Waals surface area contributed by atoms with Gasteiger partial charge in [-0.3, -0.25) is 14.4 Å². The molecule has 3 aliphatic heterocycles. The van der Waals surface area contributed by atoms with Gasteiger partial charge in [-0.25, -0.2) is 0 Å². The summed E-state index contributed by atoms with van der Waals surface area (Å²) in [5.41, 5.74) is -0.0790. The van der Waals surface area contributed by atoms with Gasteiger partial charge in [0.1, 0.15) is 23.1 Å². The second-order valence-corrected chi connectivity index (χ2v) is 13.8. The van der Waals surface area contributed by atoms with Crippen LogP contribution in [0, 0.1) is 17.8 Å². The predicted molar refractivity (Wildman–Crippen MR) is 189 cm³/mol. The zero-order chi connectivity index (χ0) is 34.7. The second-order valence-electron chi connectivity index (χ2n) is 12.6. The number of rotatable bonds is 15. The van der Waals surface area contributed by atoms with Crippen molar-refractivity contribution in [3.8, 4) is 11.5 Å². The number of ether oxygens (including phenoxy) is 3. The zero-order valence-electron chi connectivity index (χ0n) is 28.1. The molecule has 3 fully saturated rings. The first kappa shape index (κ1) is 35.6. The van der Waals surface area contributed by atoms with Crippen molar-refractivity contribution in [3.63, 3.8) is 0 Å². The maximum atomic E-state index is 15.0. The number of hydrogen-bond acceptors (Lipinski definition) is 7. The minimum atomic E-state index is -1.31. The van der Waals surface area contributed by atoms with Gasteiger partial charge in [-0.15, -0.1) is 13.2 Å². The first-order valence-corrected chi connectivity index (χ1v) is 17.5. The number of methoxy groups -OCH3 is 1. The molecule has 5 rings (SSSR count). The smallest absolute Gasteiger partial charge is 0.253 e. The highest BCUT2D eigenvalue weighted by Crippen LogP contribution is 2.61. The van der Waals surface area contributed by atoms with Gasteiger partial charge in [0.15, 0.2) is 0 Å². The number of alkyl halides is 1. The summed E-state index contributed by atoms with van der Waals surface area (Å²) in [4.78, 5) is 49.0. The zero-order valence-corrected chi connectivity index (χ0v) is 29.7. The van der Waals surface area contributed by atoms with Gasteiger partial charge < -0.3 is 34.0 Å². The summed E-state index contributed by atoms with van der Waals surface area (Å²) in [7, 11) is 1.57. The van der Waals surface area contributed by atoms with Crippen molar-refractivity contribution in [1.29, 1.82) is 0 Å². The quantitative estimate of drug-likeness (QED) is 0.204. The van der Waals surface area contributed by atoms with Gasteiger partial charge in [0, 0.05) is 29.3 Å². The van der Waals surface area contributed by atoms with E-state index in [0.717, 1.165) is 0 Å². The minimum Gasteiger partial charge on any atom is -0.497 e. The molecule has 0 aliphatic carbocycles. The number of fused-ring (bicyclic) bond motifs is 1. The Kier molecular flexibility index (Phi) is 11.0. The van der Waals surface area contributed by atoms with Gasteiger partial charge in [0.05, 0.1) is 44.3 Å². The first-order chi connectivity index (χ1) is 23.1. The van der Waals surface area contributed by atoms with Crippen LogP contribution in [-0.4, -0.2) is 89.8 Å². The van der Waals surface area contributed by atoms with E-state index in [1.165, 1.54) is 4.90 Å². The first-order valence-electron chi connectivity index (χ1n) is 16.6. The molecule has 2 aromatic carbocycles. The van der Waals surface area contributed by atoms with Gasteiger partial charge in [-0.2, -0.15) is 0 Å². The monoisotopic (exact) mass is 723 g/mol. The number of carbonyl (C=O) groups is 3. The lowest BCUT2D eigenvalue weighted by Gasteiger charge is -2.41. The van der Waals surface area contributed by atoms with Crippen LogP contribution in [0.4, 0.5) is 11.4 Å². The number of anilines is 2. The molecule has 0 aromatic heterocycles. The third kappa shape index (κ3) is 6.05. The Hall–Kier alpha value is -3.67. The van der Waals surface area contributed by atoms with Crippen LogP contribution in [0.15, 0.2) is 73.8 Å². The van der Waals surface area contributed by atoms with Crippen LogP contribution < -0.4 is 19.3 Å². The standard InChI is InChI=1S/C37H46BrN3O7/c1-7-19-39(24-13-17-27(18-14-24)47-10-4)34(43)30-31-35(44)41(29(22-42)23(5)9-3)33(37(31)21-28(38)32(30)48-37)36(45)40(20-8-2)25-11-15-26(46-6)16-12-25/h7-8,11-18,23,28-33,42H,1-2,9-10,19-22H2,3-6H3/t23-,28?,29-,30-,31-,32-,33?,37?/m0/s1. The Morgan fingerprint density at radius 2 is 1.60 bits per heavy atom. The Bertz CT molecular complexity index is 1500. The second kappa shape index (κ2) is 14.8. The lowest BCUT2D eigenvalue weighted by atomic mass is 9.70. The van der Waals surface area contributed by atoms with E-state index in [9.17, 15) is 19.5 Å². The molecule has 1 spiro atoms. The summed E-state index contributed by atoms with van der Waals surface area (Å²) in [6.45, 7) is 14.2. The topological polar surface area (TPSA) is 109 Å². The van der Waals surface area contributed by atoms with Crippen LogP contribution in [-0.2, 0) is 19.1 Å². The van der Waals surface area contributed by atoms with E-state index in [1.54, 1.807) is 65.5 Å². The van der Waals surface area contributed by atoms with Crippen molar-refractivity contribution in [2.45, 2.75) is 62.2 Å². The number of nitrogens with zero attached hydrogens (tertiary/aromatic N) is 3. The van der Waals surface area contributed by atoms with Gasteiger partial charge in [0.25, 0.3) is 5.91 Å². The van der Waals surface area contributed by atoms with Crippen LogP contribution in [0.2, 0.25) is 0 Å². The van der Waals surface area contributed by atoms with Crippen molar-refractivity contribution in [2.75, 3.05) is 43.2 Å². The summed E-state index contributed by atoms with van der Waals surface area (Å²) in [6, 6.07) is 12.6. The highest BCUT2D eigenvalue weighted by atomic mass is 79.9. The fourth-order valence-corrected chi connectivity index (χ4v) is 8.63. The molecular formula is C37H46BrN3O7. The molecule has 48 heavy (non-hydrogen) atoms. The molecule has 10 nitrogen and oxygen atoms in total. The van der Waals surface area contributed by atoms with Crippen molar-refractivity contribution >= 4 is 45.0 Å². The number of hydrogen-bond donors (Lipinski definition) is 1. The number of amides is 3. The van der Waals surface area contributed by atoms with E-state index in [1.807, 2.05) is 32.9 Å². The molecule has 0 saturated carbocycles. The summed E-state index contributed by atoms with van der Waals surface area (Å²) >= 11 is 3.78. The van der Waals surface area contributed by atoms with E-state index in [-0.39, 0.29) is 48.2 Å². The van der Waals surface area contributed by atoms with E-state index in [0.29, 0.717) is 42.3 Å². The minimum absolute atomic E-state index is 0.134. The number of aliphatic hydroxyl groups excluding tert-OH is 1. The Morgan fingerprint density at radius 3 is 2.10 bits per heavy atom. The van der Waals surface area contributed by atoms with Crippen molar-refractivity contribution < 1.29 is 33.7 Å². The lowest BCUT2D eigenvalue weighted by molar-refractivity contribution is -0.145. The van der Waals surface area contributed by atoms with E-state index in [2.05, 4.69) is 29.1 Å². The summed E-state index contributed by atoms with van der Waals surface area (Å²) in [5, 5.41) is 10.8. The van der Waals surface area contributed by atoms with Crippen molar-refractivity contribution in [2.24, 2.45) is 17.8 Å². The fourth-order valence-electron chi connectivity index (χ4n) is 7.68. The molecule has 2 aromatic rings. The molecule has 258 valence electrons. The Morgan fingerprint density at radius 1 is 1.04 bits per heavy atom. The number of carbonyl (C=O) groups excluding carboxylic acids is 3. The van der Waals surface area contributed by atoms with E-state index in [4.69, 9.17) is 14.2 Å². The predicted octanol–water partition coefficient (Wildman–Crippen LogP) is 4.99. The van der Waals surface area contributed by atoms with Gasteiger partial charge >= 0.3 is 0 Å². The number of benzene rings is 2. The third-order valence-corrected chi connectivity index (χ3v) is 10.9. The molecule has 3 heterocycles. The fraction of sp³-hybridized carbons (Fsp3) is 0.486. The highest BCUT2D eigenvalue weighted by molar-refractivity contribution is 9.09. The van der Waals surface area contributed by atoms with Gasteiger partial charge in [-0.05, 0) is 67.8 Å². The van der Waals surface area contributed by atoms with Crippen LogP contribution >= 0.6 is 15.9 Å². The van der Waals surface area contributed by atoms with Gasteiger partial charge in [0.2, 0.25) is 11.8 Å². The molecule has 3 saturated heterocycles. The molecule has 0 radical (unpaired) electrons. The molecule has 3 amide bonds. The molecular weight excluding hydrogens is 678 g/mol. The summed E-state index contributed by atoms with van der Waals surface area (Å²) < 4.78 is 17.7. The SMILES string of the molecule is C=CCN(C(=O)C1N([C@@H](CO)[C@@H](C)CC)C(=O)[C@@H]2[C@H](C(=O)N(CC=C)c3ccc(OCC)cc3)[C@H]3OC12CC3Br)c1ccc(OC)cc1. The molecule has 1 N–H and O–H groups in total. The van der Waals surface area contributed by atoms with E-state index < -0.39 is 35.6 Å². The third-order valence-electron chi connectivity index (χ3n) is 10.1. The molecule has 2 bridgehead atoms. The largest absolute Gasteiger partial charge is 0.497 e. The molecule has 11 heteroatoms. The maximum absolute atomic E-state index is 15.0. The number of likely N-dealkylation sites (tertiary alicyclic amines) is 1. The summed E-state index contributed by atoms with van der Waals surface area (Å²) in [5.74, 6) is -1.64. The maximum Gasteiger partial charge on any atom is 0.253 e. The van der Waals surface area contributed by atoms with Gasteiger partial charge in [-0.1, -0.05) is 48.4 Å². The Labute approximate surface area is 291 Å². The van der Waals surface area contributed by atoms with Crippen LogP contribution in [0.5, 0.6) is 11.5 Å². The summed E-state index contributed by atoms with van der Waals surface area (Å²) in [6.07, 6.45) is 3.64. The molecule has 3 unspecified atom stereocenters. The van der Waals surface area contributed by atoms with Crippen molar-refractivity contribution in [1.82, 2.24) is 4.90 Å². The molecule has 3 aliphatic rings. The lowest BCUT2D eigenvalue weighted by Crippen LogP contribution is -2.60. The van der Waals surface area contributed by atoms with Crippen LogP contribution in [0.1, 0.15) is 33.6 Å². The normalized spacial score (nSPS) is 26.8.